The monoisotopic (exact) mass is 365 g/mol. The van der Waals surface area contributed by atoms with E-state index in [4.69, 9.17) is 4.74 Å². The molecule has 1 aliphatic heterocycles. The minimum atomic E-state index is -0.532. The number of ether oxygens (including phenoxy) is 1. The number of carbonyl (C=O) groups excluding carboxylic acids is 1. The number of para-hydroxylation sites is 1. The van der Waals surface area contributed by atoms with E-state index in [-0.39, 0.29) is 12.5 Å². The summed E-state index contributed by atoms with van der Waals surface area (Å²) in [6.45, 7) is 2.56. The van der Waals surface area contributed by atoms with Crippen molar-refractivity contribution in [1.82, 2.24) is 4.90 Å². The topological polar surface area (TPSA) is 49.8 Å². The van der Waals surface area contributed by atoms with Gasteiger partial charge in [0.05, 0.1) is 19.3 Å². The van der Waals surface area contributed by atoms with Crippen molar-refractivity contribution in [2.45, 2.75) is 31.7 Å². The summed E-state index contributed by atoms with van der Waals surface area (Å²) in [6.07, 6.45) is 4.04. The molecule has 0 bridgehead atoms. The molecule has 1 heterocycles. The van der Waals surface area contributed by atoms with Crippen LogP contribution in [0.4, 0.5) is 0 Å². The quantitative estimate of drug-likeness (QED) is 0.794. The minimum absolute atomic E-state index is 0.0326. The normalized spacial score (nSPS) is 20.0. The summed E-state index contributed by atoms with van der Waals surface area (Å²) in [4.78, 5) is 14.9. The number of allylic oxidation sites excluding steroid dienone is 1. The van der Waals surface area contributed by atoms with Crippen LogP contribution >= 0.6 is 0 Å². The summed E-state index contributed by atoms with van der Waals surface area (Å²) in [7, 11) is 1.63. The van der Waals surface area contributed by atoms with Crippen molar-refractivity contribution in [3.05, 3.63) is 71.8 Å². The first-order valence-corrected chi connectivity index (χ1v) is 9.38. The van der Waals surface area contributed by atoms with Crippen LogP contribution in [0.1, 0.15) is 30.9 Å². The number of aliphatic hydroxyl groups is 1. The Hall–Kier alpha value is -2.59. The number of amides is 1. The Labute approximate surface area is 161 Å². The summed E-state index contributed by atoms with van der Waals surface area (Å²) < 4.78 is 5.41. The number of rotatable bonds is 6. The number of hydrogen-bond acceptors (Lipinski definition) is 3. The first-order chi connectivity index (χ1) is 13.1. The van der Waals surface area contributed by atoms with Gasteiger partial charge in [0.25, 0.3) is 0 Å². The number of aliphatic hydroxyl groups excluding tert-OH is 1. The zero-order valence-electron chi connectivity index (χ0n) is 16.0. The number of nitrogens with zero attached hydrogens (tertiary/aromatic N) is 1. The number of likely N-dealkylation sites (tertiary alicyclic amines) is 1. The molecule has 1 fully saturated rings. The van der Waals surface area contributed by atoms with Gasteiger partial charge in [0, 0.05) is 18.2 Å². The van der Waals surface area contributed by atoms with Gasteiger partial charge in [-0.25, -0.2) is 0 Å². The fraction of sp³-hybridized carbons (Fsp3) is 0.348. The summed E-state index contributed by atoms with van der Waals surface area (Å²) in [5.74, 6) is 0.694. The molecule has 1 unspecified atom stereocenters. The maximum absolute atomic E-state index is 13.1. The van der Waals surface area contributed by atoms with Crippen LogP contribution < -0.4 is 4.74 Å². The number of carbonyl (C=O) groups is 1. The standard InChI is InChI=1S/C23H27NO3/c1-18(20-11-6-7-12-21(20)27-2)15-22(26)24-14-8-13-23(24,17-25)16-19-9-4-3-5-10-19/h3-7,9-12,15,25H,8,13-14,16-17H2,1-2H3. The fourth-order valence-corrected chi connectivity index (χ4v) is 3.97. The molecule has 0 aromatic heterocycles. The van der Waals surface area contributed by atoms with Gasteiger partial charge in [-0.05, 0) is 43.4 Å². The van der Waals surface area contributed by atoms with Crippen LogP contribution in [0.2, 0.25) is 0 Å². The smallest absolute Gasteiger partial charge is 0.247 e. The number of benzene rings is 2. The predicted molar refractivity (Wildman–Crippen MR) is 108 cm³/mol. The SMILES string of the molecule is COc1ccccc1C(C)=CC(=O)N1CCCC1(CO)Cc1ccccc1. The lowest BCUT2D eigenvalue weighted by Gasteiger charge is -2.37. The molecule has 142 valence electrons. The minimum Gasteiger partial charge on any atom is -0.496 e. The van der Waals surface area contributed by atoms with E-state index < -0.39 is 5.54 Å². The van der Waals surface area contributed by atoms with E-state index in [0.29, 0.717) is 13.0 Å². The van der Waals surface area contributed by atoms with Crippen LogP contribution in [-0.2, 0) is 11.2 Å². The summed E-state index contributed by atoms with van der Waals surface area (Å²) in [6, 6.07) is 17.7. The van der Waals surface area contributed by atoms with Crippen molar-refractivity contribution >= 4 is 11.5 Å². The maximum Gasteiger partial charge on any atom is 0.247 e. The lowest BCUT2D eigenvalue weighted by atomic mass is 9.88. The average Bonchev–Trinajstić information content (AvgIpc) is 3.12. The predicted octanol–water partition coefficient (Wildman–Crippen LogP) is 3.69. The second kappa shape index (κ2) is 8.40. The molecule has 27 heavy (non-hydrogen) atoms. The molecule has 1 amide bonds. The lowest BCUT2D eigenvalue weighted by molar-refractivity contribution is -0.131. The van der Waals surface area contributed by atoms with Crippen LogP contribution in [0.15, 0.2) is 60.7 Å². The van der Waals surface area contributed by atoms with Gasteiger partial charge in [-0.3, -0.25) is 4.79 Å². The fourth-order valence-electron chi connectivity index (χ4n) is 3.97. The van der Waals surface area contributed by atoms with Gasteiger partial charge in [-0.2, -0.15) is 0 Å². The highest BCUT2D eigenvalue weighted by molar-refractivity contribution is 5.96. The molecule has 3 rings (SSSR count). The molecule has 2 aromatic rings. The third-order valence-corrected chi connectivity index (χ3v) is 5.40. The molecule has 0 aliphatic carbocycles. The first-order valence-electron chi connectivity index (χ1n) is 9.38. The zero-order chi connectivity index (χ0) is 19.3. The Balaban J connectivity index is 1.86. The van der Waals surface area contributed by atoms with Crippen molar-refractivity contribution in [1.29, 1.82) is 0 Å². The molecule has 0 spiro atoms. The molecular weight excluding hydrogens is 338 g/mol. The van der Waals surface area contributed by atoms with Crippen LogP contribution in [0.3, 0.4) is 0 Å². The molecule has 1 saturated heterocycles. The highest BCUT2D eigenvalue weighted by Crippen LogP contribution is 2.34. The van der Waals surface area contributed by atoms with Gasteiger partial charge in [-0.15, -0.1) is 0 Å². The molecule has 4 nitrogen and oxygen atoms in total. The van der Waals surface area contributed by atoms with Crippen LogP contribution in [0.5, 0.6) is 5.75 Å². The average molecular weight is 365 g/mol. The Kier molecular flexibility index (Phi) is 5.97. The Morgan fingerprint density at radius 3 is 2.59 bits per heavy atom. The van der Waals surface area contributed by atoms with Crippen LogP contribution in [0.25, 0.3) is 5.57 Å². The van der Waals surface area contributed by atoms with Gasteiger partial charge in [0.1, 0.15) is 5.75 Å². The first kappa shape index (κ1) is 19.2. The molecule has 4 heteroatoms. The Morgan fingerprint density at radius 2 is 1.89 bits per heavy atom. The molecule has 1 N–H and O–H groups in total. The Bertz CT molecular complexity index is 815. The van der Waals surface area contributed by atoms with E-state index in [1.807, 2.05) is 66.4 Å². The van der Waals surface area contributed by atoms with Crippen LogP contribution in [0, 0.1) is 0 Å². The summed E-state index contributed by atoms with van der Waals surface area (Å²) in [5.41, 5.74) is 2.37. The van der Waals surface area contributed by atoms with Crippen molar-refractivity contribution in [2.24, 2.45) is 0 Å². The van der Waals surface area contributed by atoms with Gasteiger partial charge < -0.3 is 14.7 Å². The van der Waals surface area contributed by atoms with Crippen molar-refractivity contribution in [3.8, 4) is 5.75 Å². The van der Waals surface area contributed by atoms with Crippen molar-refractivity contribution in [2.75, 3.05) is 20.3 Å². The number of methoxy groups -OCH3 is 1. The van der Waals surface area contributed by atoms with Gasteiger partial charge in [0.2, 0.25) is 5.91 Å². The Morgan fingerprint density at radius 1 is 1.19 bits per heavy atom. The van der Waals surface area contributed by atoms with Gasteiger partial charge in [0.15, 0.2) is 0 Å². The zero-order valence-corrected chi connectivity index (χ0v) is 16.0. The largest absolute Gasteiger partial charge is 0.496 e. The van der Waals surface area contributed by atoms with E-state index in [1.54, 1.807) is 13.2 Å². The highest BCUT2D eigenvalue weighted by atomic mass is 16.5. The summed E-state index contributed by atoms with van der Waals surface area (Å²) in [5, 5.41) is 10.2. The molecule has 0 saturated carbocycles. The molecule has 1 aliphatic rings. The second-order valence-electron chi connectivity index (χ2n) is 7.17. The van der Waals surface area contributed by atoms with Crippen molar-refractivity contribution < 1.29 is 14.6 Å². The lowest BCUT2D eigenvalue weighted by Crippen LogP contribution is -2.51. The van der Waals surface area contributed by atoms with E-state index >= 15 is 0 Å². The summed E-state index contributed by atoms with van der Waals surface area (Å²) >= 11 is 0. The second-order valence-corrected chi connectivity index (χ2v) is 7.17. The van der Waals surface area contributed by atoms with Crippen molar-refractivity contribution in [3.63, 3.8) is 0 Å². The van der Waals surface area contributed by atoms with E-state index in [9.17, 15) is 9.90 Å². The van der Waals surface area contributed by atoms with Crippen LogP contribution in [-0.4, -0.2) is 41.7 Å². The third kappa shape index (κ3) is 4.06. The third-order valence-electron chi connectivity index (χ3n) is 5.40. The van der Waals surface area contributed by atoms with E-state index in [0.717, 1.165) is 35.3 Å². The van der Waals surface area contributed by atoms with Gasteiger partial charge >= 0.3 is 0 Å². The molecular formula is C23H27NO3. The highest BCUT2D eigenvalue weighted by Gasteiger charge is 2.42. The molecule has 2 aromatic carbocycles. The maximum atomic E-state index is 13.1. The number of hydrogen-bond donors (Lipinski definition) is 1. The molecule has 0 radical (unpaired) electrons. The van der Waals surface area contributed by atoms with Gasteiger partial charge in [-0.1, -0.05) is 48.5 Å². The van der Waals surface area contributed by atoms with E-state index in [1.165, 1.54) is 0 Å². The van der Waals surface area contributed by atoms with E-state index in [2.05, 4.69) is 0 Å². The molecule has 1 atom stereocenters.